The highest BCUT2D eigenvalue weighted by atomic mass is 15.3. The lowest BCUT2D eigenvalue weighted by Gasteiger charge is -2.08. The van der Waals surface area contributed by atoms with E-state index in [1.807, 2.05) is 17.7 Å². The van der Waals surface area contributed by atoms with Crippen LogP contribution in [0.4, 0.5) is 5.82 Å². The van der Waals surface area contributed by atoms with Crippen LogP contribution in [0.25, 0.3) is 5.82 Å². The predicted molar refractivity (Wildman–Crippen MR) is 75.1 cm³/mol. The first kappa shape index (κ1) is 13.5. The van der Waals surface area contributed by atoms with Crippen LogP contribution in [0.15, 0.2) is 12.1 Å². The van der Waals surface area contributed by atoms with E-state index in [0.717, 1.165) is 42.3 Å². The molecular weight excluding hydrogens is 240 g/mol. The Morgan fingerprint density at radius 3 is 2.47 bits per heavy atom. The van der Waals surface area contributed by atoms with Gasteiger partial charge in [-0.1, -0.05) is 20.8 Å². The maximum Gasteiger partial charge on any atom is 0.159 e. The minimum atomic E-state index is 0.609. The summed E-state index contributed by atoms with van der Waals surface area (Å²) in [5.41, 5.74) is 4.78. The zero-order valence-corrected chi connectivity index (χ0v) is 11.6. The number of nitrogen functional groups attached to an aromatic ring is 1. The van der Waals surface area contributed by atoms with Gasteiger partial charge in [-0.25, -0.2) is 20.5 Å². The zero-order chi connectivity index (χ0) is 13.8. The molecular formula is C13H20N6. The van der Waals surface area contributed by atoms with Gasteiger partial charge in [-0.05, 0) is 18.9 Å². The molecule has 0 fully saturated rings. The molecule has 6 nitrogen and oxygen atoms in total. The molecule has 2 aromatic rings. The van der Waals surface area contributed by atoms with Crippen molar-refractivity contribution in [3.05, 3.63) is 29.3 Å². The molecule has 2 aromatic heterocycles. The minimum absolute atomic E-state index is 0.609. The van der Waals surface area contributed by atoms with Gasteiger partial charge < -0.3 is 5.43 Å². The molecule has 0 amide bonds. The molecule has 3 N–H and O–H groups in total. The monoisotopic (exact) mass is 260 g/mol. The van der Waals surface area contributed by atoms with E-state index in [2.05, 4.69) is 40.4 Å². The van der Waals surface area contributed by atoms with Crippen LogP contribution < -0.4 is 11.3 Å². The standard InChI is InChI=1S/C13H20N6/c1-4-9-7-10(5-2)19(18-9)13-8-12(17-14)15-11(6-3)16-13/h7-8H,4-6,14H2,1-3H3,(H,15,16,17). The van der Waals surface area contributed by atoms with Gasteiger partial charge in [0.1, 0.15) is 11.6 Å². The average Bonchev–Trinajstić information content (AvgIpc) is 2.90. The minimum Gasteiger partial charge on any atom is -0.308 e. The van der Waals surface area contributed by atoms with Gasteiger partial charge in [-0.3, -0.25) is 0 Å². The Balaban J connectivity index is 2.53. The zero-order valence-electron chi connectivity index (χ0n) is 11.6. The molecule has 2 rings (SSSR count). The Bertz CT molecular complexity index is 538. The van der Waals surface area contributed by atoms with Gasteiger partial charge in [0.15, 0.2) is 5.82 Å². The van der Waals surface area contributed by atoms with E-state index in [-0.39, 0.29) is 0 Å². The Morgan fingerprint density at radius 1 is 1.11 bits per heavy atom. The molecule has 0 saturated heterocycles. The molecule has 0 saturated carbocycles. The summed E-state index contributed by atoms with van der Waals surface area (Å²) in [7, 11) is 0. The van der Waals surface area contributed by atoms with E-state index in [9.17, 15) is 0 Å². The van der Waals surface area contributed by atoms with E-state index in [0.29, 0.717) is 5.82 Å². The number of aromatic nitrogens is 4. The summed E-state index contributed by atoms with van der Waals surface area (Å²) in [4.78, 5) is 8.81. The fraction of sp³-hybridized carbons (Fsp3) is 0.462. The van der Waals surface area contributed by atoms with Crippen molar-refractivity contribution in [3.8, 4) is 5.82 Å². The summed E-state index contributed by atoms with van der Waals surface area (Å²) in [6.45, 7) is 6.22. The SMILES string of the molecule is CCc1cc(CC)n(-c2cc(NN)nc(CC)n2)n1. The summed E-state index contributed by atoms with van der Waals surface area (Å²) in [6, 6.07) is 3.92. The summed E-state index contributed by atoms with van der Waals surface area (Å²) in [5.74, 6) is 7.57. The molecule has 0 aliphatic carbocycles. The van der Waals surface area contributed by atoms with Crippen LogP contribution in [0.1, 0.15) is 38.0 Å². The molecule has 0 atom stereocenters. The Hall–Kier alpha value is -1.95. The number of nitrogens with zero attached hydrogens (tertiary/aromatic N) is 4. The quantitative estimate of drug-likeness (QED) is 0.631. The molecule has 0 aromatic carbocycles. The first-order valence-electron chi connectivity index (χ1n) is 6.64. The van der Waals surface area contributed by atoms with Crippen molar-refractivity contribution in [2.24, 2.45) is 5.84 Å². The summed E-state index contributed by atoms with van der Waals surface area (Å²) >= 11 is 0. The summed E-state index contributed by atoms with van der Waals surface area (Å²) < 4.78 is 1.88. The normalized spacial score (nSPS) is 10.7. The number of hydrogen-bond acceptors (Lipinski definition) is 5. The highest BCUT2D eigenvalue weighted by molar-refractivity contribution is 5.41. The second kappa shape index (κ2) is 5.79. The lowest BCUT2D eigenvalue weighted by atomic mass is 10.2. The third-order valence-corrected chi connectivity index (χ3v) is 3.00. The molecule has 0 radical (unpaired) electrons. The van der Waals surface area contributed by atoms with Gasteiger partial charge >= 0.3 is 0 Å². The van der Waals surface area contributed by atoms with E-state index < -0.39 is 0 Å². The molecule has 6 heteroatoms. The van der Waals surface area contributed by atoms with Crippen LogP contribution in [0.3, 0.4) is 0 Å². The highest BCUT2D eigenvalue weighted by Crippen LogP contribution is 2.15. The van der Waals surface area contributed by atoms with E-state index in [1.165, 1.54) is 0 Å². The molecule has 0 spiro atoms. The van der Waals surface area contributed by atoms with E-state index in [4.69, 9.17) is 5.84 Å². The van der Waals surface area contributed by atoms with Crippen molar-refractivity contribution in [3.63, 3.8) is 0 Å². The number of hydrogen-bond donors (Lipinski definition) is 2. The maximum absolute atomic E-state index is 5.45. The number of hydrazine groups is 1. The lowest BCUT2D eigenvalue weighted by molar-refractivity contribution is 0.757. The van der Waals surface area contributed by atoms with Gasteiger partial charge in [0.2, 0.25) is 0 Å². The van der Waals surface area contributed by atoms with Gasteiger partial charge in [0.05, 0.1) is 5.69 Å². The van der Waals surface area contributed by atoms with Gasteiger partial charge in [-0.2, -0.15) is 5.10 Å². The molecule has 19 heavy (non-hydrogen) atoms. The van der Waals surface area contributed by atoms with Crippen molar-refractivity contribution >= 4 is 5.82 Å². The molecule has 0 unspecified atom stereocenters. The first-order chi connectivity index (χ1) is 9.21. The number of anilines is 1. The third kappa shape index (κ3) is 2.73. The largest absolute Gasteiger partial charge is 0.308 e. The second-order valence-corrected chi connectivity index (χ2v) is 4.27. The topological polar surface area (TPSA) is 81.7 Å². The fourth-order valence-corrected chi connectivity index (χ4v) is 1.92. The number of nitrogens with one attached hydrogen (secondary N) is 1. The molecule has 2 heterocycles. The van der Waals surface area contributed by atoms with Gasteiger partial charge in [-0.15, -0.1) is 0 Å². The van der Waals surface area contributed by atoms with Crippen molar-refractivity contribution < 1.29 is 0 Å². The molecule has 0 aliphatic heterocycles. The highest BCUT2D eigenvalue weighted by Gasteiger charge is 2.11. The smallest absolute Gasteiger partial charge is 0.159 e. The van der Waals surface area contributed by atoms with Crippen LogP contribution in [-0.4, -0.2) is 19.7 Å². The molecule has 0 bridgehead atoms. The third-order valence-electron chi connectivity index (χ3n) is 3.00. The second-order valence-electron chi connectivity index (χ2n) is 4.27. The van der Waals surface area contributed by atoms with Gasteiger partial charge in [0, 0.05) is 18.2 Å². The van der Waals surface area contributed by atoms with Crippen LogP contribution in [0, 0.1) is 0 Å². The van der Waals surface area contributed by atoms with Crippen molar-refractivity contribution in [2.45, 2.75) is 40.0 Å². The van der Waals surface area contributed by atoms with Gasteiger partial charge in [0.25, 0.3) is 0 Å². The average molecular weight is 260 g/mol. The van der Waals surface area contributed by atoms with Crippen molar-refractivity contribution in [1.82, 2.24) is 19.7 Å². The van der Waals surface area contributed by atoms with E-state index >= 15 is 0 Å². The van der Waals surface area contributed by atoms with Crippen molar-refractivity contribution in [1.29, 1.82) is 0 Å². The van der Waals surface area contributed by atoms with Crippen LogP contribution >= 0.6 is 0 Å². The number of nitrogens with two attached hydrogens (primary N) is 1. The Morgan fingerprint density at radius 2 is 1.89 bits per heavy atom. The predicted octanol–water partition coefficient (Wildman–Crippen LogP) is 1.64. The van der Waals surface area contributed by atoms with Crippen LogP contribution in [0.5, 0.6) is 0 Å². The maximum atomic E-state index is 5.45. The van der Waals surface area contributed by atoms with Crippen LogP contribution in [-0.2, 0) is 19.3 Å². The summed E-state index contributed by atoms with van der Waals surface area (Å²) in [6.07, 6.45) is 2.57. The molecule has 102 valence electrons. The van der Waals surface area contributed by atoms with Crippen molar-refractivity contribution in [2.75, 3.05) is 5.43 Å². The summed E-state index contributed by atoms with van der Waals surface area (Å²) in [5, 5.41) is 4.58. The Labute approximate surface area is 113 Å². The number of rotatable bonds is 5. The lowest BCUT2D eigenvalue weighted by Crippen LogP contribution is -2.13. The number of aryl methyl sites for hydroxylation is 3. The first-order valence-corrected chi connectivity index (χ1v) is 6.64. The van der Waals surface area contributed by atoms with Crippen LogP contribution in [0.2, 0.25) is 0 Å². The van der Waals surface area contributed by atoms with E-state index in [1.54, 1.807) is 0 Å². The molecule has 0 aliphatic rings. The fourth-order valence-electron chi connectivity index (χ4n) is 1.92. The Kier molecular flexibility index (Phi) is 4.11.